The highest BCUT2D eigenvalue weighted by atomic mass is 16.6. The van der Waals surface area contributed by atoms with Gasteiger partial charge in [0.1, 0.15) is 5.60 Å². The Hall–Kier alpha value is -1.03. The van der Waals surface area contributed by atoms with E-state index in [1.54, 1.807) is 6.08 Å². The van der Waals surface area contributed by atoms with E-state index in [2.05, 4.69) is 11.9 Å². The molecular weight excluding hydrogens is 242 g/mol. The van der Waals surface area contributed by atoms with Crippen molar-refractivity contribution in [3.63, 3.8) is 0 Å². The van der Waals surface area contributed by atoms with Gasteiger partial charge in [-0.05, 0) is 52.4 Å². The first kappa shape index (κ1) is 16.0. The molecular formula is C15H27NO3. The Morgan fingerprint density at radius 1 is 1.32 bits per heavy atom. The van der Waals surface area contributed by atoms with E-state index in [1.165, 1.54) is 0 Å². The van der Waals surface area contributed by atoms with E-state index in [4.69, 9.17) is 9.47 Å². The molecule has 0 bridgehead atoms. The van der Waals surface area contributed by atoms with Gasteiger partial charge in [0.15, 0.2) is 0 Å². The van der Waals surface area contributed by atoms with Crippen LogP contribution in [0.4, 0.5) is 4.79 Å². The van der Waals surface area contributed by atoms with Gasteiger partial charge in [0.05, 0.1) is 6.61 Å². The molecule has 1 N–H and O–H groups in total. The van der Waals surface area contributed by atoms with E-state index >= 15 is 0 Å². The summed E-state index contributed by atoms with van der Waals surface area (Å²) in [5.41, 5.74) is -0.431. The van der Waals surface area contributed by atoms with Gasteiger partial charge >= 0.3 is 6.09 Å². The lowest BCUT2D eigenvalue weighted by molar-refractivity contribution is 0.0472. The van der Waals surface area contributed by atoms with Crippen molar-refractivity contribution in [3.05, 3.63) is 12.7 Å². The molecule has 0 saturated heterocycles. The highest BCUT2D eigenvalue weighted by Gasteiger charge is 2.24. The Morgan fingerprint density at radius 3 is 2.47 bits per heavy atom. The Bertz CT molecular complexity index is 288. The molecule has 1 aliphatic carbocycles. The van der Waals surface area contributed by atoms with Gasteiger partial charge in [0.2, 0.25) is 0 Å². The minimum absolute atomic E-state index is 0.241. The maximum Gasteiger partial charge on any atom is 0.407 e. The van der Waals surface area contributed by atoms with Gasteiger partial charge in [-0.3, -0.25) is 0 Å². The summed E-state index contributed by atoms with van der Waals surface area (Å²) in [5, 5.41) is 2.95. The smallest absolute Gasteiger partial charge is 0.407 e. The first-order chi connectivity index (χ1) is 8.90. The average Bonchev–Trinajstić information content (AvgIpc) is 2.29. The van der Waals surface area contributed by atoms with Crippen LogP contribution in [0.3, 0.4) is 0 Å². The van der Waals surface area contributed by atoms with Gasteiger partial charge in [-0.25, -0.2) is 4.79 Å². The van der Waals surface area contributed by atoms with Crippen LogP contribution in [0.25, 0.3) is 0 Å². The normalized spacial score (nSPS) is 23.7. The number of amides is 1. The zero-order chi connectivity index (χ0) is 14.3. The molecule has 4 nitrogen and oxygen atoms in total. The third kappa shape index (κ3) is 7.21. The van der Waals surface area contributed by atoms with Crippen LogP contribution in [0, 0.1) is 5.92 Å². The lowest BCUT2D eigenvalue weighted by atomic mass is 9.86. The fourth-order valence-corrected chi connectivity index (χ4v) is 2.27. The van der Waals surface area contributed by atoms with Crippen LogP contribution in [0.5, 0.6) is 0 Å². The molecule has 110 valence electrons. The molecule has 0 aromatic heterocycles. The molecule has 19 heavy (non-hydrogen) atoms. The van der Waals surface area contributed by atoms with Crippen molar-refractivity contribution in [1.82, 2.24) is 5.32 Å². The highest BCUT2D eigenvalue weighted by Crippen LogP contribution is 2.24. The molecule has 4 heteroatoms. The van der Waals surface area contributed by atoms with Gasteiger partial charge in [-0.1, -0.05) is 6.08 Å². The average molecular weight is 269 g/mol. The van der Waals surface area contributed by atoms with Crippen LogP contribution >= 0.6 is 0 Å². The van der Waals surface area contributed by atoms with Crippen LogP contribution < -0.4 is 5.32 Å². The molecule has 0 atom stereocenters. The SMILES string of the molecule is C=CCOCC1CCC(NC(=O)OC(C)(C)C)CC1. The van der Waals surface area contributed by atoms with Crippen LogP contribution in [-0.4, -0.2) is 30.9 Å². The standard InChI is InChI=1S/C15H27NO3/c1-5-10-18-11-12-6-8-13(9-7-12)16-14(17)19-15(2,3)4/h5,12-13H,1,6-11H2,2-4H3,(H,16,17). The third-order valence-corrected chi connectivity index (χ3v) is 3.16. The zero-order valence-electron chi connectivity index (χ0n) is 12.4. The molecule has 1 fully saturated rings. The molecule has 0 spiro atoms. The van der Waals surface area contributed by atoms with Crippen molar-refractivity contribution in [2.75, 3.05) is 13.2 Å². The fourth-order valence-electron chi connectivity index (χ4n) is 2.27. The van der Waals surface area contributed by atoms with Crippen molar-refractivity contribution >= 4 is 6.09 Å². The summed E-state index contributed by atoms with van der Waals surface area (Å²) < 4.78 is 10.7. The largest absolute Gasteiger partial charge is 0.444 e. The highest BCUT2D eigenvalue weighted by molar-refractivity contribution is 5.68. The number of carbonyl (C=O) groups excluding carboxylic acids is 1. The summed E-state index contributed by atoms with van der Waals surface area (Å²) in [6.45, 7) is 10.7. The van der Waals surface area contributed by atoms with E-state index in [1.807, 2.05) is 20.8 Å². The topological polar surface area (TPSA) is 47.6 Å². The van der Waals surface area contributed by atoms with E-state index in [0.29, 0.717) is 12.5 Å². The number of rotatable bonds is 5. The van der Waals surface area contributed by atoms with Gasteiger partial charge in [0, 0.05) is 12.6 Å². The summed E-state index contributed by atoms with van der Waals surface area (Å²) in [7, 11) is 0. The number of ether oxygens (including phenoxy) is 2. The summed E-state index contributed by atoms with van der Waals surface area (Å²) in [6.07, 6.45) is 5.66. The van der Waals surface area contributed by atoms with E-state index < -0.39 is 5.60 Å². The summed E-state index contributed by atoms with van der Waals surface area (Å²) in [6, 6.07) is 0.241. The molecule has 1 rings (SSSR count). The first-order valence-corrected chi connectivity index (χ1v) is 7.09. The summed E-state index contributed by atoms with van der Waals surface area (Å²) in [5.74, 6) is 0.608. The number of hydrogen-bond donors (Lipinski definition) is 1. The number of nitrogens with one attached hydrogen (secondary N) is 1. The maximum absolute atomic E-state index is 11.7. The molecule has 0 aromatic carbocycles. The van der Waals surface area contributed by atoms with Crippen molar-refractivity contribution in [2.45, 2.75) is 58.1 Å². The second kappa shape index (κ2) is 7.53. The Labute approximate surface area is 116 Å². The predicted octanol–water partition coefficient (Wildman–Crippen LogP) is 3.27. The molecule has 0 heterocycles. The lowest BCUT2D eigenvalue weighted by Gasteiger charge is -2.29. The number of carbonyl (C=O) groups is 1. The van der Waals surface area contributed by atoms with E-state index in [-0.39, 0.29) is 12.1 Å². The van der Waals surface area contributed by atoms with Gasteiger partial charge < -0.3 is 14.8 Å². The minimum atomic E-state index is -0.431. The van der Waals surface area contributed by atoms with Crippen LogP contribution in [0.2, 0.25) is 0 Å². The van der Waals surface area contributed by atoms with Crippen molar-refractivity contribution in [2.24, 2.45) is 5.92 Å². The second-order valence-corrected chi connectivity index (χ2v) is 6.19. The number of alkyl carbamates (subject to hydrolysis) is 1. The molecule has 1 aliphatic rings. The molecule has 0 aromatic rings. The van der Waals surface area contributed by atoms with Crippen molar-refractivity contribution in [1.29, 1.82) is 0 Å². The second-order valence-electron chi connectivity index (χ2n) is 6.19. The molecule has 0 unspecified atom stereocenters. The first-order valence-electron chi connectivity index (χ1n) is 7.09. The Balaban J connectivity index is 2.19. The van der Waals surface area contributed by atoms with Gasteiger partial charge in [-0.2, -0.15) is 0 Å². The van der Waals surface area contributed by atoms with Gasteiger partial charge in [0.25, 0.3) is 0 Å². The lowest BCUT2D eigenvalue weighted by Crippen LogP contribution is -2.41. The van der Waals surface area contributed by atoms with Crippen LogP contribution in [-0.2, 0) is 9.47 Å². The Morgan fingerprint density at radius 2 is 1.95 bits per heavy atom. The molecule has 1 saturated carbocycles. The number of hydrogen-bond acceptors (Lipinski definition) is 3. The maximum atomic E-state index is 11.7. The minimum Gasteiger partial charge on any atom is -0.444 e. The molecule has 0 radical (unpaired) electrons. The summed E-state index contributed by atoms with van der Waals surface area (Å²) in [4.78, 5) is 11.7. The quantitative estimate of drug-likeness (QED) is 0.615. The zero-order valence-corrected chi connectivity index (χ0v) is 12.4. The predicted molar refractivity (Wildman–Crippen MR) is 76.1 cm³/mol. The Kier molecular flexibility index (Phi) is 6.35. The van der Waals surface area contributed by atoms with Crippen molar-refractivity contribution in [3.8, 4) is 0 Å². The van der Waals surface area contributed by atoms with Crippen molar-refractivity contribution < 1.29 is 14.3 Å². The molecule has 1 amide bonds. The van der Waals surface area contributed by atoms with E-state index in [9.17, 15) is 4.79 Å². The monoisotopic (exact) mass is 269 g/mol. The van der Waals surface area contributed by atoms with E-state index in [0.717, 1.165) is 32.3 Å². The molecule has 0 aliphatic heterocycles. The fraction of sp³-hybridized carbons (Fsp3) is 0.800. The van der Waals surface area contributed by atoms with Crippen LogP contribution in [0.15, 0.2) is 12.7 Å². The van der Waals surface area contributed by atoms with Crippen LogP contribution in [0.1, 0.15) is 46.5 Å². The van der Waals surface area contributed by atoms with Gasteiger partial charge in [-0.15, -0.1) is 6.58 Å². The third-order valence-electron chi connectivity index (χ3n) is 3.16. The summed E-state index contributed by atoms with van der Waals surface area (Å²) >= 11 is 0.